The topological polar surface area (TPSA) is 81.8 Å². The van der Waals surface area contributed by atoms with E-state index in [9.17, 15) is 4.79 Å². The molecule has 0 rings (SSSR count). The molecule has 0 radical (unpaired) electrons. The number of amides is 1. The number of hydrogen-bond donors (Lipinski definition) is 2. The van der Waals surface area contributed by atoms with E-state index in [4.69, 9.17) is 9.84 Å². The van der Waals surface area contributed by atoms with Crippen LogP contribution in [0.3, 0.4) is 0 Å². The van der Waals surface area contributed by atoms with Crippen LogP contribution in [0.25, 0.3) is 0 Å². The van der Waals surface area contributed by atoms with Crippen LogP contribution >= 0.6 is 0 Å². The first-order valence-electron chi connectivity index (χ1n) is 4.35. The fourth-order valence-corrected chi connectivity index (χ4v) is 0.377. The molecule has 5 heteroatoms. The summed E-state index contributed by atoms with van der Waals surface area (Å²) < 4.78 is 9.08. The van der Waals surface area contributed by atoms with E-state index >= 15 is 0 Å². The van der Waals surface area contributed by atoms with Gasteiger partial charge in [-0.05, 0) is 6.92 Å². The number of primary amides is 1. The van der Waals surface area contributed by atoms with Crippen LogP contribution in [-0.2, 0) is 9.47 Å². The van der Waals surface area contributed by atoms with E-state index < -0.39 is 6.09 Å². The van der Waals surface area contributed by atoms with Crippen molar-refractivity contribution in [1.29, 1.82) is 0 Å². The second-order valence-corrected chi connectivity index (χ2v) is 1.87. The quantitative estimate of drug-likeness (QED) is 0.535. The predicted molar refractivity (Wildman–Crippen MR) is 60.6 cm³/mol. The van der Waals surface area contributed by atoms with E-state index in [2.05, 4.69) is 23.6 Å². The number of carbonyl (C=O) groups is 1. The number of rotatable bonds is 5. The zero-order valence-corrected chi connectivity index (χ0v) is 9.44. The zero-order valence-electron chi connectivity index (χ0n) is 9.44. The Labute approximate surface area is 91.2 Å². The standard InChI is InChI=1S/C6H10O.C3H7NO2.CH4O/c1-3-5-7-6-4-2;1-2-6-3(4)5;1-2/h3-4H,1-2,5-6H2;2H2,1H3,(H2,4,5);2H,1H3. The van der Waals surface area contributed by atoms with Crippen LogP contribution in [0.1, 0.15) is 6.92 Å². The second-order valence-electron chi connectivity index (χ2n) is 1.87. The lowest BCUT2D eigenvalue weighted by Gasteiger charge is -1.89. The van der Waals surface area contributed by atoms with Gasteiger partial charge < -0.3 is 20.3 Å². The molecule has 0 spiro atoms. The summed E-state index contributed by atoms with van der Waals surface area (Å²) in [7, 11) is 1.00. The van der Waals surface area contributed by atoms with E-state index in [1.807, 2.05) is 0 Å². The highest BCUT2D eigenvalue weighted by Crippen LogP contribution is 1.72. The van der Waals surface area contributed by atoms with Gasteiger partial charge in [-0.15, -0.1) is 13.2 Å². The average molecular weight is 219 g/mol. The molecule has 0 aliphatic carbocycles. The van der Waals surface area contributed by atoms with Crippen molar-refractivity contribution in [3.05, 3.63) is 25.3 Å². The largest absolute Gasteiger partial charge is 0.450 e. The van der Waals surface area contributed by atoms with Crippen molar-refractivity contribution in [2.24, 2.45) is 5.73 Å². The summed E-state index contributed by atoms with van der Waals surface area (Å²) in [6.45, 7) is 10.2. The van der Waals surface area contributed by atoms with Crippen molar-refractivity contribution in [2.45, 2.75) is 6.92 Å². The van der Waals surface area contributed by atoms with Crippen molar-refractivity contribution in [2.75, 3.05) is 26.9 Å². The van der Waals surface area contributed by atoms with Crippen molar-refractivity contribution in [3.63, 3.8) is 0 Å². The molecular weight excluding hydrogens is 198 g/mol. The number of nitrogens with two attached hydrogens (primary N) is 1. The van der Waals surface area contributed by atoms with Gasteiger partial charge in [-0.1, -0.05) is 12.2 Å². The summed E-state index contributed by atoms with van der Waals surface area (Å²) in [4.78, 5) is 9.60. The molecule has 0 aromatic rings. The van der Waals surface area contributed by atoms with Gasteiger partial charge >= 0.3 is 6.09 Å². The highest BCUT2D eigenvalue weighted by atomic mass is 16.5. The van der Waals surface area contributed by atoms with Crippen LogP contribution in [0.5, 0.6) is 0 Å². The molecule has 5 nitrogen and oxygen atoms in total. The Hall–Kier alpha value is -1.33. The third-order valence-corrected chi connectivity index (χ3v) is 0.758. The molecular formula is C10H21NO4. The number of ether oxygens (including phenoxy) is 2. The number of aliphatic hydroxyl groups excluding tert-OH is 1. The first-order chi connectivity index (χ1) is 7.18. The van der Waals surface area contributed by atoms with Crippen LogP contribution in [0, 0.1) is 0 Å². The van der Waals surface area contributed by atoms with Gasteiger partial charge in [-0.25, -0.2) is 4.79 Å². The summed E-state index contributed by atoms with van der Waals surface area (Å²) >= 11 is 0. The van der Waals surface area contributed by atoms with Crippen molar-refractivity contribution in [1.82, 2.24) is 0 Å². The Morgan fingerprint density at radius 3 is 1.87 bits per heavy atom. The maximum absolute atomic E-state index is 9.60. The molecule has 1 amide bonds. The minimum Gasteiger partial charge on any atom is -0.450 e. The highest BCUT2D eigenvalue weighted by molar-refractivity contribution is 5.64. The molecule has 90 valence electrons. The minimum absolute atomic E-state index is 0.356. The highest BCUT2D eigenvalue weighted by Gasteiger charge is 1.82. The van der Waals surface area contributed by atoms with Gasteiger partial charge in [-0.2, -0.15) is 0 Å². The summed E-state index contributed by atoms with van der Waals surface area (Å²) in [5, 5.41) is 7.00. The molecule has 0 aromatic carbocycles. The van der Waals surface area contributed by atoms with Crippen molar-refractivity contribution < 1.29 is 19.4 Å². The zero-order chi connectivity index (χ0) is 12.5. The Kier molecular flexibility index (Phi) is 29.5. The van der Waals surface area contributed by atoms with Gasteiger partial charge in [-0.3, -0.25) is 0 Å². The summed E-state index contributed by atoms with van der Waals surface area (Å²) in [6, 6.07) is 0. The summed E-state index contributed by atoms with van der Waals surface area (Å²) in [5.74, 6) is 0. The van der Waals surface area contributed by atoms with Gasteiger partial charge in [0.1, 0.15) is 0 Å². The first-order valence-corrected chi connectivity index (χ1v) is 4.35. The maximum Gasteiger partial charge on any atom is 0.404 e. The van der Waals surface area contributed by atoms with Crippen LogP contribution in [0.4, 0.5) is 4.79 Å². The molecule has 0 fully saturated rings. The molecule has 15 heavy (non-hydrogen) atoms. The van der Waals surface area contributed by atoms with E-state index in [1.165, 1.54) is 0 Å². The van der Waals surface area contributed by atoms with Gasteiger partial charge in [0.05, 0.1) is 19.8 Å². The van der Waals surface area contributed by atoms with Crippen LogP contribution < -0.4 is 5.73 Å². The monoisotopic (exact) mass is 219 g/mol. The second kappa shape index (κ2) is 23.0. The molecule has 3 N–H and O–H groups in total. The lowest BCUT2D eigenvalue weighted by atomic mass is 10.6. The van der Waals surface area contributed by atoms with Crippen LogP contribution in [-0.4, -0.2) is 38.1 Å². The third kappa shape index (κ3) is 44.9. The summed E-state index contributed by atoms with van der Waals surface area (Å²) in [5.41, 5.74) is 4.54. The fraction of sp³-hybridized carbons (Fsp3) is 0.500. The average Bonchev–Trinajstić information content (AvgIpc) is 2.22. The number of carbonyl (C=O) groups excluding carboxylic acids is 1. The number of hydrogen-bond acceptors (Lipinski definition) is 4. The van der Waals surface area contributed by atoms with E-state index in [0.29, 0.717) is 19.8 Å². The lowest BCUT2D eigenvalue weighted by Crippen LogP contribution is -2.11. The van der Waals surface area contributed by atoms with Gasteiger partial charge in [0, 0.05) is 7.11 Å². The lowest BCUT2D eigenvalue weighted by molar-refractivity contribution is 0.163. The molecule has 0 saturated heterocycles. The van der Waals surface area contributed by atoms with E-state index in [1.54, 1.807) is 19.1 Å². The Balaban J connectivity index is -0.000000166. The summed E-state index contributed by atoms with van der Waals surface area (Å²) in [6.07, 6.45) is 2.71. The van der Waals surface area contributed by atoms with Gasteiger partial charge in [0.2, 0.25) is 0 Å². The minimum atomic E-state index is -0.711. The van der Waals surface area contributed by atoms with E-state index in [-0.39, 0.29) is 0 Å². The fourth-order valence-electron chi connectivity index (χ4n) is 0.377. The number of aliphatic hydroxyl groups is 1. The van der Waals surface area contributed by atoms with Crippen molar-refractivity contribution in [3.8, 4) is 0 Å². The van der Waals surface area contributed by atoms with Crippen LogP contribution in [0.2, 0.25) is 0 Å². The van der Waals surface area contributed by atoms with E-state index in [0.717, 1.165) is 7.11 Å². The SMILES string of the molecule is C=CCOCC=C.CCOC(N)=O.CO. The Morgan fingerprint density at radius 2 is 1.73 bits per heavy atom. The molecule has 0 unspecified atom stereocenters. The molecule has 0 bridgehead atoms. The molecule has 0 saturated carbocycles. The van der Waals surface area contributed by atoms with Crippen molar-refractivity contribution >= 4 is 6.09 Å². The maximum atomic E-state index is 9.60. The van der Waals surface area contributed by atoms with Crippen LogP contribution in [0.15, 0.2) is 25.3 Å². The Morgan fingerprint density at radius 1 is 1.33 bits per heavy atom. The molecule has 0 atom stereocenters. The first kappa shape index (κ1) is 19.3. The molecule has 0 aliphatic heterocycles. The Bertz CT molecular complexity index is 140. The normalized spacial score (nSPS) is 7.13. The smallest absolute Gasteiger partial charge is 0.404 e. The van der Waals surface area contributed by atoms with Gasteiger partial charge in [0.15, 0.2) is 0 Å². The molecule has 0 heterocycles. The third-order valence-electron chi connectivity index (χ3n) is 0.758. The van der Waals surface area contributed by atoms with Gasteiger partial charge in [0.25, 0.3) is 0 Å². The predicted octanol–water partition coefficient (Wildman–Crippen LogP) is 1.09. The molecule has 0 aliphatic rings. The molecule has 0 aromatic heterocycles.